The van der Waals surface area contributed by atoms with E-state index in [1.165, 1.54) is 12.3 Å². The Balaban J connectivity index is 2.80. The summed E-state index contributed by atoms with van der Waals surface area (Å²) in [6.07, 6.45) is 1.48. The molecule has 0 amide bonds. The van der Waals surface area contributed by atoms with Crippen molar-refractivity contribution in [2.45, 2.75) is 26.4 Å². The van der Waals surface area contributed by atoms with Gasteiger partial charge >= 0.3 is 5.97 Å². The normalized spacial score (nSPS) is 11.1. The van der Waals surface area contributed by atoms with E-state index in [1.54, 1.807) is 26.8 Å². The molecule has 0 atom stereocenters. The Bertz CT molecular complexity index is 344. The minimum atomic E-state index is -0.511. The zero-order valence-electron chi connectivity index (χ0n) is 8.57. The van der Waals surface area contributed by atoms with Crippen molar-refractivity contribution in [1.29, 1.82) is 0 Å². The minimum Gasteiger partial charge on any atom is -0.455 e. The number of ether oxygens (including phenoxy) is 1. The van der Waals surface area contributed by atoms with Gasteiger partial charge in [0.15, 0.2) is 0 Å². The molecule has 3 nitrogen and oxygen atoms in total. The summed E-state index contributed by atoms with van der Waals surface area (Å²) in [4.78, 5) is 15.3. The van der Waals surface area contributed by atoms with Gasteiger partial charge in [0.05, 0.1) is 0 Å². The first kappa shape index (κ1) is 10.8. The van der Waals surface area contributed by atoms with E-state index in [0.717, 1.165) is 0 Å². The fourth-order valence-electron chi connectivity index (χ4n) is 0.889. The molecule has 1 aromatic heterocycles. The van der Waals surface area contributed by atoms with Crippen LogP contribution in [0, 0.1) is 0 Å². The van der Waals surface area contributed by atoms with E-state index in [1.807, 2.05) is 0 Å². The Labute approximate surface area is 84.9 Å². The highest BCUT2D eigenvalue weighted by Gasteiger charge is 2.18. The lowest BCUT2D eigenvalue weighted by atomic mass is 9.97. The van der Waals surface area contributed by atoms with E-state index < -0.39 is 11.6 Å². The van der Waals surface area contributed by atoms with Crippen molar-refractivity contribution >= 4 is 19.3 Å². The molecule has 0 bridgehead atoms. The van der Waals surface area contributed by atoms with Crippen LogP contribution in [0.25, 0.3) is 0 Å². The Morgan fingerprint density at radius 3 is 2.64 bits per heavy atom. The van der Waals surface area contributed by atoms with E-state index in [-0.39, 0.29) is 5.69 Å². The average Bonchev–Trinajstić information content (AvgIpc) is 2.01. The SMILES string of the molecule is [B]c1ccnc(C(=O)OC(C)(C)C)c1. The van der Waals surface area contributed by atoms with Gasteiger partial charge in [-0.25, -0.2) is 9.78 Å². The van der Waals surface area contributed by atoms with Crippen LogP contribution in [0.1, 0.15) is 31.3 Å². The molecule has 1 aromatic rings. The summed E-state index contributed by atoms with van der Waals surface area (Å²) in [6.45, 7) is 5.41. The zero-order valence-corrected chi connectivity index (χ0v) is 8.57. The number of aromatic nitrogens is 1. The molecule has 1 heterocycles. The first-order chi connectivity index (χ1) is 6.38. The molecule has 0 aliphatic carbocycles. The van der Waals surface area contributed by atoms with Crippen LogP contribution < -0.4 is 5.46 Å². The van der Waals surface area contributed by atoms with Crippen LogP contribution in [-0.2, 0) is 4.74 Å². The van der Waals surface area contributed by atoms with Crippen LogP contribution in [0.2, 0.25) is 0 Å². The van der Waals surface area contributed by atoms with E-state index in [0.29, 0.717) is 5.46 Å². The highest BCUT2D eigenvalue weighted by atomic mass is 16.6. The molecule has 0 fully saturated rings. The van der Waals surface area contributed by atoms with Crippen molar-refractivity contribution < 1.29 is 9.53 Å². The summed E-state index contributed by atoms with van der Waals surface area (Å²) < 4.78 is 5.12. The number of nitrogens with zero attached hydrogens (tertiary/aromatic N) is 1. The number of rotatable bonds is 1. The standard InChI is InChI=1S/C10H12BNO2/c1-10(2,3)14-9(13)8-6-7(11)4-5-12-8/h4-6H,1-3H3. The molecule has 0 unspecified atom stereocenters. The van der Waals surface area contributed by atoms with Crippen LogP contribution >= 0.6 is 0 Å². The van der Waals surface area contributed by atoms with E-state index >= 15 is 0 Å². The number of carbonyl (C=O) groups excluding carboxylic acids is 1. The van der Waals surface area contributed by atoms with Crippen molar-refractivity contribution in [3.63, 3.8) is 0 Å². The molecule has 2 radical (unpaired) electrons. The van der Waals surface area contributed by atoms with Gasteiger partial charge in [-0.15, -0.1) is 0 Å². The third-order valence-electron chi connectivity index (χ3n) is 1.39. The number of carbonyl (C=O) groups is 1. The van der Waals surface area contributed by atoms with Gasteiger partial charge in [-0.2, -0.15) is 0 Å². The predicted molar refractivity (Wildman–Crippen MR) is 54.8 cm³/mol. The summed E-state index contributed by atoms with van der Waals surface area (Å²) in [5.74, 6) is -0.454. The van der Waals surface area contributed by atoms with Gasteiger partial charge in [0.1, 0.15) is 19.1 Å². The number of hydrogen-bond acceptors (Lipinski definition) is 3. The fourth-order valence-corrected chi connectivity index (χ4v) is 0.889. The van der Waals surface area contributed by atoms with Gasteiger partial charge in [-0.05, 0) is 26.8 Å². The van der Waals surface area contributed by atoms with Crippen molar-refractivity contribution in [3.8, 4) is 0 Å². The maximum Gasteiger partial charge on any atom is 0.357 e. The largest absolute Gasteiger partial charge is 0.455 e. The first-order valence-electron chi connectivity index (χ1n) is 4.33. The number of pyridine rings is 1. The van der Waals surface area contributed by atoms with Crippen molar-refractivity contribution in [2.75, 3.05) is 0 Å². The maximum atomic E-state index is 11.5. The summed E-state index contributed by atoms with van der Waals surface area (Å²) in [5, 5.41) is 0. The second-order valence-corrected chi connectivity index (χ2v) is 3.98. The summed E-state index contributed by atoms with van der Waals surface area (Å²) >= 11 is 0. The zero-order chi connectivity index (χ0) is 10.8. The molecule has 0 saturated heterocycles. The Hall–Kier alpha value is -1.32. The molecule has 0 aromatic carbocycles. The minimum absolute atomic E-state index is 0.236. The molecule has 72 valence electrons. The van der Waals surface area contributed by atoms with Crippen molar-refractivity contribution in [1.82, 2.24) is 4.98 Å². The molecule has 0 aliphatic rings. The predicted octanol–water partition coefficient (Wildman–Crippen LogP) is 0.831. The molecule has 0 aliphatic heterocycles. The lowest BCUT2D eigenvalue weighted by Crippen LogP contribution is -2.25. The first-order valence-corrected chi connectivity index (χ1v) is 4.33. The van der Waals surface area contributed by atoms with Crippen LogP contribution in [0.4, 0.5) is 0 Å². The molecule has 0 saturated carbocycles. The van der Waals surface area contributed by atoms with E-state index in [2.05, 4.69) is 4.98 Å². The highest BCUT2D eigenvalue weighted by Crippen LogP contribution is 2.09. The van der Waals surface area contributed by atoms with Crippen molar-refractivity contribution in [2.24, 2.45) is 0 Å². The smallest absolute Gasteiger partial charge is 0.357 e. The van der Waals surface area contributed by atoms with Gasteiger partial charge in [0.2, 0.25) is 0 Å². The molecule has 0 spiro atoms. The lowest BCUT2D eigenvalue weighted by molar-refractivity contribution is 0.00630. The molecule has 4 heteroatoms. The van der Waals surface area contributed by atoms with Crippen LogP contribution in [0.3, 0.4) is 0 Å². The summed E-state index contributed by atoms with van der Waals surface area (Å²) in [5.41, 5.74) is 0.226. The van der Waals surface area contributed by atoms with Gasteiger partial charge < -0.3 is 4.74 Å². The van der Waals surface area contributed by atoms with Gasteiger partial charge in [0.25, 0.3) is 0 Å². The lowest BCUT2D eigenvalue weighted by Gasteiger charge is -2.19. The fraction of sp³-hybridized carbons (Fsp3) is 0.400. The average molecular weight is 189 g/mol. The third kappa shape index (κ3) is 3.20. The van der Waals surface area contributed by atoms with Gasteiger partial charge in [-0.3, -0.25) is 0 Å². The highest BCUT2D eigenvalue weighted by molar-refractivity contribution is 6.32. The van der Waals surface area contributed by atoms with Crippen molar-refractivity contribution in [3.05, 3.63) is 24.0 Å². The molecule has 1 rings (SSSR count). The molecule has 14 heavy (non-hydrogen) atoms. The topological polar surface area (TPSA) is 39.2 Å². The summed E-state index contributed by atoms with van der Waals surface area (Å²) in [6, 6.07) is 3.11. The Kier molecular flexibility index (Phi) is 2.94. The Morgan fingerprint density at radius 2 is 2.14 bits per heavy atom. The monoisotopic (exact) mass is 189 g/mol. The number of esters is 1. The van der Waals surface area contributed by atoms with Crippen LogP contribution in [-0.4, -0.2) is 24.4 Å². The summed E-state index contributed by atoms with van der Waals surface area (Å²) in [7, 11) is 5.51. The molecular formula is C10H12BNO2. The molecular weight excluding hydrogens is 177 g/mol. The Morgan fingerprint density at radius 1 is 1.50 bits per heavy atom. The second-order valence-electron chi connectivity index (χ2n) is 3.98. The van der Waals surface area contributed by atoms with Crippen LogP contribution in [0.15, 0.2) is 18.3 Å². The third-order valence-corrected chi connectivity index (χ3v) is 1.39. The molecule has 0 N–H and O–H groups in total. The quantitative estimate of drug-likeness (QED) is 0.485. The van der Waals surface area contributed by atoms with E-state index in [9.17, 15) is 4.79 Å². The second kappa shape index (κ2) is 3.82. The van der Waals surface area contributed by atoms with Gasteiger partial charge in [0, 0.05) is 6.20 Å². The van der Waals surface area contributed by atoms with Crippen LogP contribution in [0.5, 0.6) is 0 Å². The van der Waals surface area contributed by atoms with E-state index in [4.69, 9.17) is 12.6 Å². The maximum absolute atomic E-state index is 11.5. The number of hydrogen-bond donors (Lipinski definition) is 0. The van der Waals surface area contributed by atoms with Gasteiger partial charge in [-0.1, -0.05) is 11.5 Å².